The zero-order valence-corrected chi connectivity index (χ0v) is 12.8. The van der Waals surface area contributed by atoms with Crippen molar-refractivity contribution in [3.63, 3.8) is 0 Å². The average Bonchev–Trinajstić information content (AvgIpc) is 2.36. The summed E-state index contributed by atoms with van der Waals surface area (Å²) in [4.78, 5) is 13.7. The van der Waals surface area contributed by atoms with E-state index in [0.29, 0.717) is 13.0 Å². The van der Waals surface area contributed by atoms with Crippen molar-refractivity contribution in [3.8, 4) is 0 Å². The van der Waals surface area contributed by atoms with Gasteiger partial charge >= 0.3 is 0 Å². The summed E-state index contributed by atoms with van der Waals surface area (Å²) in [6.45, 7) is 6.76. The van der Waals surface area contributed by atoms with E-state index < -0.39 is 0 Å². The van der Waals surface area contributed by atoms with Gasteiger partial charge in [0, 0.05) is 25.6 Å². The van der Waals surface area contributed by atoms with Crippen molar-refractivity contribution in [1.29, 1.82) is 0 Å². The van der Waals surface area contributed by atoms with Gasteiger partial charge in [-0.1, -0.05) is 45.4 Å². The van der Waals surface area contributed by atoms with Crippen molar-refractivity contribution in [1.82, 2.24) is 4.90 Å². The largest absolute Gasteiger partial charge is 0.339 e. The standard InChI is InChI=1S/C15H32N2O/c1-5-6-7-8-9-10-11-12-14(18)17(4)15(2,3)13-16/h5-13,16H2,1-4H3. The number of unbranched alkanes of at least 4 members (excludes halogenated alkanes) is 6. The molecule has 18 heavy (non-hydrogen) atoms. The quantitative estimate of drug-likeness (QED) is 0.609. The number of nitrogens with two attached hydrogens (primary N) is 1. The van der Waals surface area contributed by atoms with E-state index in [2.05, 4.69) is 6.92 Å². The van der Waals surface area contributed by atoms with E-state index in [9.17, 15) is 4.79 Å². The highest BCUT2D eigenvalue weighted by Crippen LogP contribution is 2.14. The van der Waals surface area contributed by atoms with Crippen LogP contribution in [0.4, 0.5) is 0 Å². The first-order chi connectivity index (χ1) is 8.45. The molecule has 0 heterocycles. The van der Waals surface area contributed by atoms with Crippen LogP contribution in [0.3, 0.4) is 0 Å². The summed E-state index contributed by atoms with van der Waals surface area (Å²) in [7, 11) is 1.86. The van der Waals surface area contributed by atoms with E-state index in [1.807, 2.05) is 20.9 Å². The molecule has 0 saturated heterocycles. The fourth-order valence-corrected chi connectivity index (χ4v) is 1.88. The van der Waals surface area contributed by atoms with Gasteiger partial charge in [0.05, 0.1) is 0 Å². The molecule has 2 N–H and O–H groups in total. The minimum absolute atomic E-state index is 0.221. The summed E-state index contributed by atoms with van der Waals surface area (Å²) < 4.78 is 0. The first-order valence-corrected chi connectivity index (χ1v) is 7.42. The number of amides is 1. The third kappa shape index (κ3) is 7.00. The van der Waals surface area contributed by atoms with Crippen LogP contribution in [0.25, 0.3) is 0 Å². The predicted molar refractivity (Wildman–Crippen MR) is 78.5 cm³/mol. The molecule has 0 aromatic rings. The molecule has 0 atom stereocenters. The minimum Gasteiger partial charge on any atom is -0.339 e. The second kappa shape index (κ2) is 9.37. The second-order valence-electron chi connectivity index (χ2n) is 5.84. The summed E-state index contributed by atoms with van der Waals surface area (Å²) >= 11 is 0. The predicted octanol–water partition coefficient (Wildman–Crippen LogP) is 3.32. The van der Waals surface area contributed by atoms with E-state index >= 15 is 0 Å². The molecule has 0 aliphatic carbocycles. The molecule has 1 amide bonds. The van der Waals surface area contributed by atoms with Gasteiger partial charge in [0.1, 0.15) is 0 Å². The van der Waals surface area contributed by atoms with Gasteiger partial charge in [-0.15, -0.1) is 0 Å². The lowest BCUT2D eigenvalue weighted by Crippen LogP contribution is -2.49. The monoisotopic (exact) mass is 256 g/mol. The van der Waals surface area contributed by atoms with E-state index in [4.69, 9.17) is 5.73 Å². The highest BCUT2D eigenvalue weighted by atomic mass is 16.2. The number of likely N-dealkylation sites (N-methyl/N-ethyl adjacent to an activating group) is 1. The van der Waals surface area contributed by atoms with Gasteiger partial charge in [0.2, 0.25) is 5.91 Å². The molecule has 0 spiro atoms. The number of hydrogen-bond acceptors (Lipinski definition) is 2. The summed E-state index contributed by atoms with van der Waals surface area (Å²) in [5.74, 6) is 0.221. The van der Waals surface area contributed by atoms with Crippen LogP contribution in [0, 0.1) is 0 Å². The minimum atomic E-state index is -0.224. The molecule has 0 aromatic heterocycles. The Bertz CT molecular complexity index is 227. The van der Waals surface area contributed by atoms with E-state index in [-0.39, 0.29) is 11.4 Å². The van der Waals surface area contributed by atoms with Crippen molar-refractivity contribution < 1.29 is 4.79 Å². The van der Waals surface area contributed by atoms with Crippen molar-refractivity contribution in [2.45, 2.75) is 77.7 Å². The van der Waals surface area contributed by atoms with Gasteiger partial charge in [-0.2, -0.15) is 0 Å². The van der Waals surface area contributed by atoms with Gasteiger partial charge in [-0.25, -0.2) is 0 Å². The maximum Gasteiger partial charge on any atom is 0.222 e. The van der Waals surface area contributed by atoms with Crippen molar-refractivity contribution in [2.75, 3.05) is 13.6 Å². The van der Waals surface area contributed by atoms with Crippen molar-refractivity contribution in [3.05, 3.63) is 0 Å². The molecule has 0 aromatic carbocycles. The van der Waals surface area contributed by atoms with Crippen molar-refractivity contribution >= 4 is 5.91 Å². The molecule has 0 aliphatic rings. The Balaban J connectivity index is 3.65. The lowest BCUT2D eigenvalue weighted by atomic mass is 10.0. The van der Waals surface area contributed by atoms with Crippen LogP contribution in [0.1, 0.15) is 72.1 Å². The average molecular weight is 256 g/mol. The zero-order valence-electron chi connectivity index (χ0n) is 12.8. The fourth-order valence-electron chi connectivity index (χ4n) is 1.88. The molecular formula is C15H32N2O. The Morgan fingerprint density at radius 2 is 1.56 bits per heavy atom. The SMILES string of the molecule is CCCCCCCCCC(=O)N(C)C(C)(C)CN. The fraction of sp³-hybridized carbons (Fsp3) is 0.933. The summed E-state index contributed by atoms with van der Waals surface area (Å²) in [5.41, 5.74) is 5.45. The maximum atomic E-state index is 12.0. The Labute approximate surface area is 113 Å². The zero-order chi connectivity index (χ0) is 14.0. The van der Waals surface area contributed by atoms with E-state index in [1.54, 1.807) is 4.90 Å². The molecule has 0 bridgehead atoms. The Morgan fingerprint density at radius 1 is 1.06 bits per heavy atom. The van der Waals surface area contributed by atoms with Crippen LogP contribution in [-0.2, 0) is 4.79 Å². The van der Waals surface area contributed by atoms with Crippen LogP contribution in [0.15, 0.2) is 0 Å². The van der Waals surface area contributed by atoms with Crippen LogP contribution < -0.4 is 5.73 Å². The molecule has 108 valence electrons. The van der Waals surface area contributed by atoms with Crippen LogP contribution >= 0.6 is 0 Å². The summed E-state index contributed by atoms with van der Waals surface area (Å²) in [5, 5.41) is 0. The summed E-state index contributed by atoms with van der Waals surface area (Å²) in [6.07, 6.45) is 9.38. The van der Waals surface area contributed by atoms with Gasteiger partial charge in [0.25, 0.3) is 0 Å². The lowest BCUT2D eigenvalue weighted by molar-refractivity contribution is -0.134. The maximum absolute atomic E-state index is 12.0. The van der Waals surface area contributed by atoms with E-state index in [0.717, 1.165) is 6.42 Å². The topological polar surface area (TPSA) is 46.3 Å². The van der Waals surface area contributed by atoms with Gasteiger partial charge in [-0.05, 0) is 20.3 Å². The Hall–Kier alpha value is -0.570. The highest BCUT2D eigenvalue weighted by Gasteiger charge is 2.25. The third-order valence-corrected chi connectivity index (χ3v) is 3.78. The van der Waals surface area contributed by atoms with Crippen molar-refractivity contribution in [2.24, 2.45) is 5.73 Å². The molecule has 0 unspecified atom stereocenters. The molecule has 3 heteroatoms. The second-order valence-corrected chi connectivity index (χ2v) is 5.84. The first kappa shape index (κ1) is 17.4. The van der Waals surface area contributed by atoms with Gasteiger partial charge in [-0.3, -0.25) is 4.79 Å². The molecule has 0 fully saturated rings. The third-order valence-electron chi connectivity index (χ3n) is 3.78. The normalized spacial score (nSPS) is 11.6. The lowest BCUT2D eigenvalue weighted by Gasteiger charge is -2.34. The molecule has 0 rings (SSSR count). The van der Waals surface area contributed by atoms with Gasteiger partial charge in [0.15, 0.2) is 0 Å². The first-order valence-electron chi connectivity index (χ1n) is 7.42. The van der Waals surface area contributed by atoms with Crippen LogP contribution in [0.5, 0.6) is 0 Å². The van der Waals surface area contributed by atoms with Crippen LogP contribution in [-0.4, -0.2) is 29.9 Å². The number of carbonyl (C=O) groups excluding carboxylic acids is 1. The highest BCUT2D eigenvalue weighted by molar-refractivity contribution is 5.76. The Morgan fingerprint density at radius 3 is 2.06 bits per heavy atom. The van der Waals surface area contributed by atoms with Crippen LogP contribution in [0.2, 0.25) is 0 Å². The Kier molecular flexibility index (Phi) is 9.08. The van der Waals surface area contributed by atoms with E-state index in [1.165, 1.54) is 38.5 Å². The molecule has 0 saturated carbocycles. The smallest absolute Gasteiger partial charge is 0.222 e. The summed E-state index contributed by atoms with van der Waals surface area (Å²) in [6, 6.07) is 0. The number of rotatable bonds is 10. The number of nitrogens with zero attached hydrogens (tertiary/aromatic N) is 1. The number of carbonyl (C=O) groups is 1. The number of hydrogen-bond donors (Lipinski definition) is 1. The molecule has 0 radical (unpaired) electrons. The molecular weight excluding hydrogens is 224 g/mol. The molecule has 0 aliphatic heterocycles. The molecule has 3 nitrogen and oxygen atoms in total. The van der Waals surface area contributed by atoms with Gasteiger partial charge < -0.3 is 10.6 Å².